The lowest BCUT2D eigenvalue weighted by Gasteiger charge is -2.34. The molecule has 1 rings (SSSR count). The molecule has 22 heavy (non-hydrogen) atoms. The van der Waals surface area contributed by atoms with Gasteiger partial charge in [0, 0.05) is 24.2 Å². The number of carbonyl (C=O) groups is 1. The topological polar surface area (TPSA) is 63.2 Å². The summed E-state index contributed by atoms with van der Waals surface area (Å²) in [6, 6.07) is 0. The Morgan fingerprint density at radius 2 is 1.95 bits per heavy atom. The quantitative estimate of drug-likeness (QED) is 0.803. The molecule has 0 saturated heterocycles. The maximum atomic E-state index is 12.1. The summed E-state index contributed by atoms with van der Waals surface area (Å²) in [5.41, 5.74) is -0.771. The smallest absolute Gasteiger partial charge is 0.408 e. The highest BCUT2D eigenvalue weighted by Gasteiger charge is 2.30. The van der Waals surface area contributed by atoms with E-state index in [0.29, 0.717) is 6.54 Å². The first-order valence-electron chi connectivity index (χ1n) is 7.83. The molecule has 1 amide bonds. The molecule has 0 radical (unpaired) electrons. The third kappa shape index (κ3) is 6.32. The van der Waals surface area contributed by atoms with Crippen LogP contribution >= 0.6 is 11.3 Å². The Morgan fingerprint density at radius 3 is 2.41 bits per heavy atom. The predicted octanol–water partition coefficient (Wildman–Crippen LogP) is 3.62. The maximum absolute atomic E-state index is 12.1. The Hall–Kier alpha value is -1.14. The van der Waals surface area contributed by atoms with Crippen molar-refractivity contribution in [2.75, 3.05) is 6.54 Å². The van der Waals surface area contributed by atoms with Crippen molar-refractivity contribution in [3.05, 3.63) is 16.1 Å². The van der Waals surface area contributed by atoms with Crippen LogP contribution < -0.4 is 10.6 Å². The molecule has 0 atom stereocenters. The summed E-state index contributed by atoms with van der Waals surface area (Å²) >= 11 is 1.69. The van der Waals surface area contributed by atoms with Crippen molar-refractivity contribution in [3.8, 4) is 0 Å². The van der Waals surface area contributed by atoms with Crippen LogP contribution in [0.4, 0.5) is 4.79 Å². The minimum Gasteiger partial charge on any atom is -0.444 e. The first-order valence-corrected chi connectivity index (χ1v) is 8.64. The number of alkyl carbamates (subject to hydrolysis) is 1. The number of rotatable bonds is 7. The largest absolute Gasteiger partial charge is 0.444 e. The molecular weight excluding hydrogens is 298 g/mol. The van der Waals surface area contributed by atoms with Gasteiger partial charge in [0.25, 0.3) is 0 Å². The van der Waals surface area contributed by atoms with E-state index in [1.54, 1.807) is 11.3 Å². The summed E-state index contributed by atoms with van der Waals surface area (Å²) < 4.78 is 5.38. The van der Waals surface area contributed by atoms with Gasteiger partial charge in [-0.25, -0.2) is 9.78 Å². The average molecular weight is 327 g/mol. The zero-order valence-electron chi connectivity index (χ0n) is 14.6. The Balaban J connectivity index is 2.56. The zero-order chi connectivity index (χ0) is 16.8. The summed E-state index contributed by atoms with van der Waals surface area (Å²) in [6.45, 7) is 13.3. The summed E-state index contributed by atoms with van der Waals surface area (Å²) in [6.07, 6.45) is 3.23. The number of aryl methyl sites for hydroxylation is 1. The molecule has 126 valence electrons. The molecule has 2 N–H and O–H groups in total. The van der Waals surface area contributed by atoms with E-state index in [1.807, 2.05) is 33.9 Å². The number of nitrogens with zero attached hydrogens (tertiary/aromatic N) is 1. The second kappa shape index (κ2) is 7.92. The van der Waals surface area contributed by atoms with E-state index in [0.717, 1.165) is 24.4 Å². The normalized spacial score (nSPS) is 12.3. The van der Waals surface area contributed by atoms with E-state index in [9.17, 15) is 4.79 Å². The van der Waals surface area contributed by atoms with E-state index in [1.165, 1.54) is 4.88 Å². The molecule has 0 unspecified atom stereocenters. The van der Waals surface area contributed by atoms with Crippen LogP contribution in [0, 0.1) is 6.92 Å². The predicted molar refractivity (Wildman–Crippen MR) is 91.2 cm³/mol. The minimum absolute atomic E-state index is 0.290. The van der Waals surface area contributed by atoms with Gasteiger partial charge < -0.3 is 15.4 Å². The van der Waals surface area contributed by atoms with Crippen molar-refractivity contribution >= 4 is 17.4 Å². The van der Waals surface area contributed by atoms with Gasteiger partial charge in [0.1, 0.15) is 5.60 Å². The van der Waals surface area contributed by atoms with Crippen molar-refractivity contribution in [1.82, 2.24) is 15.6 Å². The fraction of sp³-hybridized carbons (Fsp3) is 0.750. The number of ether oxygens (including phenoxy) is 1. The van der Waals surface area contributed by atoms with Crippen molar-refractivity contribution in [2.45, 2.75) is 72.1 Å². The lowest BCUT2D eigenvalue weighted by atomic mass is 9.93. The monoisotopic (exact) mass is 327 g/mol. The van der Waals surface area contributed by atoms with Gasteiger partial charge in [-0.2, -0.15) is 0 Å². The fourth-order valence-corrected chi connectivity index (χ4v) is 2.92. The second-order valence-corrected chi connectivity index (χ2v) is 7.88. The highest BCUT2D eigenvalue weighted by molar-refractivity contribution is 7.11. The molecule has 1 aromatic rings. The van der Waals surface area contributed by atoms with E-state index < -0.39 is 5.60 Å². The lowest BCUT2D eigenvalue weighted by molar-refractivity contribution is 0.0446. The first kappa shape index (κ1) is 18.9. The number of nitrogens with one attached hydrogen (secondary N) is 2. The summed E-state index contributed by atoms with van der Waals surface area (Å²) in [5, 5.41) is 7.54. The highest BCUT2D eigenvalue weighted by Crippen LogP contribution is 2.17. The Bertz CT molecular complexity index is 476. The molecule has 0 fully saturated rings. The van der Waals surface area contributed by atoms with E-state index >= 15 is 0 Å². The molecule has 0 saturated carbocycles. The Morgan fingerprint density at radius 1 is 1.32 bits per heavy atom. The molecule has 0 bridgehead atoms. The number of carbonyl (C=O) groups excluding carboxylic acids is 1. The van der Waals surface area contributed by atoms with Gasteiger partial charge in [-0.1, -0.05) is 13.8 Å². The Kier molecular flexibility index (Phi) is 6.81. The van der Waals surface area contributed by atoms with Crippen molar-refractivity contribution in [2.24, 2.45) is 0 Å². The number of hydrogen-bond donors (Lipinski definition) is 2. The lowest BCUT2D eigenvalue weighted by Crippen LogP contribution is -2.55. The van der Waals surface area contributed by atoms with Crippen LogP contribution in [0.15, 0.2) is 6.20 Å². The van der Waals surface area contributed by atoms with Crippen molar-refractivity contribution in [3.63, 3.8) is 0 Å². The van der Waals surface area contributed by atoms with Gasteiger partial charge in [-0.3, -0.25) is 0 Å². The summed E-state index contributed by atoms with van der Waals surface area (Å²) in [4.78, 5) is 17.5. The fourth-order valence-electron chi connectivity index (χ4n) is 2.15. The van der Waals surface area contributed by atoms with Gasteiger partial charge in [0.2, 0.25) is 0 Å². The van der Waals surface area contributed by atoms with Crippen LogP contribution in [0.1, 0.15) is 57.3 Å². The average Bonchev–Trinajstić information content (AvgIpc) is 2.81. The van der Waals surface area contributed by atoms with Gasteiger partial charge in [0.05, 0.1) is 10.5 Å². The third-order valence-electron chi connectivity index (χ3n) is 3.55. The number of hydrogen-bond acceptors (Lipinski definition) is 5. The first-order chi connectivity index (χ1) is 10.2. The van der Waals surface area contributed by atoms with Crippen LogP contribution in [0.3, 0.4) is 0 Å². The van der Waals surface area contributed by atoms with Gasteiger partial charge in [0.15, 0.2) is 0 Å². The van der Waals surface area contributed by atoms with Gasteiger partial charge >= 0.3 is 6.09 Å². The van der Waals surface area contributed by atoms with E-state index in [4.69, 9.17) is 4.74 Å². The van der Waals surface area contributed by atoms with Crippen LogP contribution in [0.25, 0.3) is 0 Å². The molecule has 0 aromatic carbocycles. The van der Waals surface area contributed by atoms with Crippen molar-refractivity contribution < 1.29 is 9.53 Å². The van der Waals surface area contributed by atoms with Crippen LogP contribution in [-0.4, -0.2) is 28.8 Å². The highest BCUT2D eigenvalue weighted by atomic mass is 32.1. The third-order valence-corrected chi connectivity index (χ3v) is 4.46. The second-order valence-electron chi connectivity index (χ2n) is 6.56. The standard InChI is InChI=1S/C16H29N3O2S/c1-7-16(8-2,19-14(20)21-15(4,5)6)11-17-9-13-10-18-12(3)22-13/h10,17H,7-9,11H2,1-6H3,(H,19,20). The molecule has 1 heterocycles. The number of amides is 1. The van der Waals surface area contributed by atoms with Gasteiger partial charge in [-0.05, 0) is 40.5 Å². The molecule has 1 aromatic heterocycles. The number of aromatic nitrogens is 1. The minimum atomic E-state index is -0.481. The molecule has 0 aliphatic heterocycles. The van der Waals surface area contributed by atoms with Gasteiger partial charge in [-0.15, -0.1) is 11.3 Å². The molecule has 5 nitrogen and oxygen atoms in total. The summed E-state index contributed by atoms with van der Waals surface area (Å²) in [5.74, 6) is 0. The molecule has 0 aliphatic carbocycles. The molecular formula is C16H29N3O2S. The molecule has 0 aliphatic rings. The summed E-state index contributed by atoms with van der Waals surface area (Å²) in [7, 11) is 0. The van der Waals surface area contributed by atoms with Crippen LogP contribution in [-0.2, 0) is 11.3 Å². The molecule has 0 spiro atoms. The van der Waals surface area contributed by atoms with E-state index in [2.05, 4.69) is 29.5 Å². The van der Waals surface area contributed by atoms with E-state index in [-0.39, 0.29) is 11.6 Å². The zero-order valence-corrected chi connectivity index (χ0v) is 15.4. The number of thiazole rings is 1. The van der Waals surface area contributed by atoms with Crippen molar-refractivity contribution in [1.29, 1.82) is 0 Å². The SMILES string of the molecule is CCC(CC)(CNCc1cnc(C)s1)NC(=O)OC(C)(C)C. The Labute approximate surface area is 137 Å². The molecule has 6 heteroatoms. The van der Waals surface area contributed by atoms with Crippen LogP contribution in [0.5, 0.6) is 0 Å². The maximum Gasteiger partial charge on any atom is 0.408 e. The van der Waals surface area contributed by atoms with Crippen LogP contribution in [0.2, 0.25) is 0 Å².